The highest BCUT2D eigenvalue weighted by Gasteiger charge is 2.27. The smallest absolute Gasteiger partial charge is 0.289 e. The molecule has 0 N–H and O–H groups in total. The number of carbonyl (C=O) groups is 2. The van der Waals surface area contributed by atoms with Crippen LogP contribution in [0.5, 0.6) is 0 Å². The zero-order valence-electron chi connectivity index (χ0n) is 12.4. The summed E-state index contributed by atoms with van der Waals surface area (Å²) in [6, 6.07) is 5.07. The third-order valence-electron chi connectivity index (χ3n) is 3.82. The first-order chi connectivity index (χ1) is 10.7. The zero-order valence-corrected chi connectivity index (χ0v) is 12.4. The van der Waals surface area contributed by atoms with Gasteiger partial charge in [0.15, 0.2) is 5.76 Å². The van der Waals surface area contributed by atoms with Crippen LogP contribution in [0.2, 0.25) is 0 Å². The number of hydrogen-bond donors (Lipinski definition) is 0. The van der Waals surface area contributed by atoms with Gasteiger partial charge in [-0.3, -0.25) is 14.3 Å². The van der Waals surface area contributed by atoms with E-state index in [0.717, 1.165) is 0 Å². The maximum Gasteiger partial charge on any atom is 0.289 e. The lowest BCUT2D eigenvalue weighted by atomic mass is 10.2. The van der Waals surface area contributed by atoms with Crippen molar-refractivity contribution in [1.29, 1.82) is 0 Å². The summed E-state index contributed by atoms with van der Waals surface area (Å²) in [7, 11) is 0. The summed E-state index contributed by atoms with van der Waals surface area (Å²) in [4.78, 5) is 28.1. The normalized spacial score (nSPS) is 15.1. The Hall–Kier alpha value is -2.57. The van der Waals surface area contributed by atoms with Gasteiger partial charge in [0.1, 0.15) is 5.69 Å². The molecule has 7 nitrogen and oxygen atoms in total. The van der Waals surface area contributed by atoms with E-state index in [1.54, 1.807) is 38.9 Å². The summed E-state index contributed by atoms with van der Waals surface area (Å²) >= 11 is 0. The van der Waals surface area contributed by atoms with E-state index in [-0.39, 0.29) is 11.8 Å². The average molecular weight is 302 g/mol. The van der Waals surface area contributed by atoms with Crippen molar-refractivity contribution in [1.82, 2.24) is 19.6 Å². The van der Waals surface area contributed by atoms with Gasteiger partial charge in [0.2, 0.25) is 0 Å². The molecular weight excluding hydrogens is 284 g/mol. The van der Waals surface area contributed by atoms with Gasteiger partial charge < -0.3 is 14.2 Å². The van der Waals surface area contributed by atoms with Crippen molar-refractivity contribution in [2.45, 2.75) is 13.5 Å². The molecule has 1 fully saturated rings. The third-order valence-corrected chi connectivity index (χ3v) is 3.82. The molecule has 1 saturated heterocycles. The molecule has 0 atom stereocenters. The molecule has 3 heterocycles. The Kier molecular flexibility index (Phi) is 3.95. The topological polar surface area (TPSA) is 71.6 Å². The average Bonchev–Trinajstić information content (AvgIpc) is 3.24. The van der Waals surface area contributed by atoms with Crippen LogP contribution in [0.25, 0.3) is 0 Å². The molecule has 0 saturated carbocycles. The number of nitrogens with zero attached hydrogens (tertiary/aromatic N) is 4. The Labute approximate surface area is 128 Å². The van der Waals surface area contributed by atoms with Crippen LogP contribution in [-0.2, 0) is 6.54 Å². The molecule has 2 amide bonds. The molecular formula is C15H18N4O3. The lowest BCUT2D eigenvalue weighted by molar-refractivity contribution is 0.0512. The molecule has 22 heavy (non-hydrogen) atoms. The first kappa shape index (κ1) is 14.4. The Morgan fingerprint density at radius 3 is 2.41 bits per heavy atom. The van der Waals surface area contributed by atoms with Gasteiger partial charge in [-0.2, -0.15) is 5.10 Å². The highest BCUT2D eigenvalue weighted by Crippen LogP contribution is 2.12. The Morgan fingerprint density at radius 2 is 1.82 bits per heavy atom. The fourth-order valence-corrected chi connectivity index (χ4v) is 2.60. The molecule has 0 unspecified atom stereocenters. The summed E-state index contributed by atoms with van der Waals surface area (Å²) < 4.78 is 6.81. The van der Waals surface area contributed by atoms with Crippen LogP contribution in [0, 0.1) is 0 Å². The minimum Gasteiger partial charge on any atom is -0.459 e. The second kappa shape index (κ2) is 6.05. The van der Waals surface area contributed by atoms with Crippen LogP contribution in [0.4, 0.5) is 0 Å². The Morgan fingerprint density at radius 1 is 1.14 bits per heavy atom. The van der Waals surface area contributed by atoms with Gasteiger partial charge in [0.25, 0.3) is 11.8 Å². The fraction of sp³-hybridized carbons (Fsp3) is 0.400. The van der Waals surface area contributed by atoms with Crippen LogP contribution < -0.4 is 0 Å². The van der Waals surface area contributed by atoms with Crippen LogP contribution in [0.1, 0.15) is 28.0 Å². The number of furan rings is 1. The minimum absolute atomic E-state index is 0.0375. The number of rotatable bonds is 3. The van der Waals surface area contributed by atoms with Gasteiger partial charge in [-0.15, -0.1) is 0 Å². The lowest BCUT2D eigenvalue weighted by Crippen LogP contribution is -2.50. The maximum absolute atomic E-state index is 12.5. The van der Waals surface area contributed by atoms with Crippen molar-refractivity contribution >= 4 is 11.8 Å². The van der Waals surface area contributed by atoms with E-state index in [2.05, 4.69) is 5.10 Å². The standard InChI is InChI=1S/C15H18N4O3/c1-2-19-12(5-6-16-19)14(20)17-7-9-18(10-8-17)15(21)13-4-3-11-22-13/h3-6,11H,2,7-10H2,1H3. The van der Waals surface area contributed by atoms with Gasteiger partial charge >= 0.3 is 0 Å². The van der Waals surface area contributed by atoms with E-state index < -0.39 is 0 Å². The quantitative estimate of drug-likeness (QED) is 0.851. The highest BCUT2D eigenvalue weighted by molar-refractivity contribution is 5.93. The number of aromatic nitrogens is 2. The number of amides is 2. The first-order valence-electron chi connectivity index (χ1n) is 7.34. The van der Waals surface area contributed by atoms with Crippen molar-refractivity contribution in [2.75, 3.05) is 26.2 Å². The van der Waals surface area contributed by atoms with E-state index >= 15 is 0 Å². The van der Waals surface area contributed by atoms with Crippen LogP contribution >= 0.6 is 0 Å². The van der Waals surface area contributed by atoms with Crippen molar-refractivity contribution in [3.63, 3.8) is 0 Å². The molecule has 1 aliphatic rings. The number of piperazine rings is 1. The summed E-state index contributed by atoms with van der Waals surface area (Å²) in [5, 5.41) is 4.12. The van der Waals surface area contributed by atoms with Gasteiger partial charge in [-0.1, -0.05) is 0 Å². The predicted molar refractivity (Wildman–Crippen MR) is 78.4 cm³/mol. The second-order valence-corrected chi connectivity index (χ2v) is 5.09. The summed E-state index contributed by atoms with van der Waals surface area (Å²) in [6.45, 7) is 4.65. The molecule has 0 spiro atoms. The van der Waals surface area contributed by atoms with Crippen molar-refractivity contribution in [3.8, 4) is 0 Å². The van der Waals surface area contributed by atoms with Gasteiger partial charge in [-0.05, 0) is 25.1 Å². The maximum atomic E-state index is 12.5. The predicted octanol–water partition coefficient (Wildman–Crippen LogP) is 1.09. The lowest BCUT2D eigenvalue weighted by Gasteiger charge is -2.34. The van der Waals surface area contributed by atoms with E-state index in [4.69, 9.17) is 4.42 Å². The van der Waals surface area contributed by atoms with Crippen LogP contribution in [0.15, 0.2) is 35.1 Å². The monoisotopic (exact) mass is 302 g/mol. The molecule has 116 valence electrons. The Balaban J connectivity index is 1.62. The van der Waals surface area contributed by atoms with Gasteiger partial charge in [0, 0.05) is 38.9 Å². The zero-order chi connectivity index (χ0) is 15.5. The Bertz CT molecular complexity index is 654. The summed E-state index contributed by atoms with van der Waals surface area (Å²) in [5.74, 6) is 0.170. The number of carbonyl (C=O) groups excluding carboxylic acids is 2. The SMILES string of the molecule is CCn1nccc1C(=O)N1CCN(C(=O)c2ccco2)CC1. The molecule has 2 aromatic rings. The molecule has 0 aliphatic carbocycles. The molecule has 1 aliphatic heterocycles. The van der Waals surface area contributed by atoms with E-state index in [0.29, 0.717) is 44.2 Å². The van der Waals surface area contributed by atoms with Crippen LogP contribution in [0.3, 0.4) is 0 Å². The van der Waals surface area contributed by atoms with E-state index in [1.165, 1.54) is 6.26 Å². The molecule has 3 rings (SSSR count). The molecule has 0 bridgehead atoms. The van der Waals surface area contributed by atoms with Crippen LogP contribution in [-0.4, -0.2) is 57.6 Å². The number of hydrogen-bond acceptors (Lipinski definition) is 4. The molecule has 7 heteroatoms. The third kappa shape index (κ3) is 2.61. The van der Waals surface area contributed by atoms with Crippen molar-refractivity contribution in [3.05, 3.63) is 42.1 Å². The van der Waals surface area contributed by atoms with E-state index in [1.807, 2.05) is 6.92 Å². The van der Waals surface area contributed by atoms with Crippen molar-refractivity contribution in [2.24, 2.45) is 0 Å². The van der Waals surface area contributed by atoms with Crippen molar-refractivity contribution < 1.29 is 14.0 Å². The number of aryl methyl sites for hydroxylation is 1. The second-order valence-electron chi connectivity index (χ2n) is 5.09. The largest absolute Gasteiger partial charge is 0.459 e. The minimum atomic E-state index is -0.129. The summed E-state index contributed by atoms with van der Waals surface area (Å²) in [5.41, 5.74) is 0.591. The van der Waals surface area contributed by atoms with Gasteiger partial charge in [0.05, 0.1) is 6.26 Å². The fourth-order valence-electron chi connectivity index (χ4n) is 2.60. The highest BCUT2D eigenvalue weighted by atomic mass is 16.3. The molecule has 0 aromatic carbocycles. The molecule has 2 aromatic heterocycles. The molecule has 0 radical (unpaired) electrons. The van der Waals surface area contributed by atoms with E-state index in [9.17, 15) is 9.59 Å². The first-order valence-corrected chi connectivity index (χ1v) is 7.34. The van der Waals surface area contributed by atoms with Gasteiger partial charge in [-0.25, -0.2) is 0 Å². The summed E-state index contributed by atoms with van der Waals surface area (Å²) in [6.07, 6.45) is 3.12.